The van der Waals surface area contributed by atoms with Crippen molar-refractivity contribution in [1.29, 1.82) is 0 Å². The van der Waals surface area contributed by atoms with Gasteiger partial charge in [-0.25, -0.2) is 9.67 Å². The maximum atomic E-state index is 12.3. The second kappa shape index (κ2) is 7.59. The van der Waals surface area contributed by atoms with Gasteiger partial charge in [0, 0.05) is 18.0 Å². The van der Waals surface area contributed by atoms with Crippen LogP contribution in [0.2, 0.25) is 0 Å². The Kier molecular flexibility index (Phi) is 5.05. The Morgan fingerprint density at radius 1 is 1.29 bits per heavy atom. The summed E-state index contributed by atoms with van der Waals surface area (Å²) in [6, 6.07) is 11.4. The Morgan fingerprint density at radius 2 is 2.12 bits per heavy atom. The Labute approximate surface area is 140 Å². The standard InChI is InChI=1S/C18H20N4O2/c1-14(4-9-17-3-2-10-24-17)21-18(23)16-7-5-15(6-8-16)11-22-13-19-12-20-22/h2-3,5-8,10,12-14H,4,9,11H2,1H3,(H,21,23). The summed E-state index contributed by atoms with van der Waals surface area (Å²) in [4.78, 5) is 16.2. The molecule has 1 amide bonds. The average molecular weight is 324 g/mol. The lowest BCUT2D eigenvalue weighted by Crippen LogP contribution is -2.32. The Balaban J connectivity index is 1.50. The van der Waals surface area contributed by atoms with Crippen molar-refractivity contribution in [3.05, 3.63) is 72.2 Å². The average Bonchev–Trinajstić information content (AvgIpc) is 3.27. The van der Waals surface area contributed by atoms with E-state index in [2.05, 4.69) is 15.4 Å². The molecule has 2 heterocycles. The third-order valence-corrected chi connectivity index (χ3v) is 3.81. The van der Waals surface area contributed by atoms with Gasteiger partial charge in [0.25, 0.3) is 5.91 Å². The quantitative estimate of drug-likeness (QED) is 0.725. The van der Waals surface area contributed by atoms with Crippen molar-refractivity contribution in [2.75, 3.05) is 0 Å². The minimum absolute atomic E-state index is 0.0609. The minimum atomic E-state index is -0.0609. The van der Waals surface area contributed by atoms with Gasteiger partial charge in [-0.15, -0.1) is 0 Å². The van der Waals surface area contributed by atoms with Gasteiger partial charge in [0.1, 0.15) is 18.4 Å². The van der Waals surface area contributed by atoms with Crippen molar-refractivity contribution >= 4 is 5.91 Å². The molecular weight excluding hydrogens is 304 g/mol. The van der Waals surface area contributed by atoms with Gasteiger partial charge >= 0.3 is 0 Å². The first-order valence-corrected chi connectivity index (χ1v) is 7.95. The number of aryl methyl sites for hydroxylation is 1. The highest BCUT2D eigenvalue weighted by atomic mass is 16.3. The fourth-order valence-corrected chi connectivity index (χ4v) is 2.46. The van der Waals surface area contributed by atoms with E-state index in [0.29, 0.717) is 12.1 Å². The summed E-state index contributed by atoms with van der Waals surface area (Å²) in [7, 11) is 0. The Morgan fingerprint density at radius 3 is 2.79 bits per heavy atom. The summed E-state index contributed by atoms with van der Waals surface area (Å²) in [5, 5.41) is 7.08. The van der Waals surface area contributed by atoms with E-state index in [4.69, 9.17) is 4.42 Å². The molecule has 1 atom stereocenters. The second-order valence-corrected chi connectivity index (χ2v) is 5.78. The number of rotatable bonds is 7. The molecular formula is C18H20N4O2. The predicted octanol–water partition coefficient (Wildman–Crippen LogP) is 2.67. The van der Waals surface area contributed by atoms with E-state index in [1.807, 2.05) is 43.3 Å². The van der Waals surface area contributed by atoms with Gasteiger partial charge in [-0.2, -0.15) is 5.10 Å². The van der Waals surface area contributed by atoms with Crippen LogP contribution in [0.3, 0.4) is 0 Å². The van der Waals surface area contributed by atoms with Crippen LogP contribution in [0.15, 0.2) is 59.7 Å². The van der Waals surface area contributed by atoms with Crippen molar-refractivity contribution in [3.8, 4) is 0 Å². The molecule has 24 heavy (non-hydrogen) atoms. The maximum absolute atomic E-state index is 12.3. The molecule has 6 heteroatoms. The van der Waals surface area contributed by atoms with E-state index in [1.165, 1.54) is 6.33 Å². The first-order valence-electron chi connectivity index (χ1n) is 7.95. The number of aromatic nitrogens is 3. The van der Waals surface area contributed by atoms with Gasteiger partial charge in [0.05, 0.1) is 12.8 Å². The number of furan rings is 1. The van der Waals surface area contributed by atoms with Crippen molar-refractivity contribution in [2.45, 2.75) is 32.4 Å². The third kappa shape index (κ3) is 4.32. The lowest BCUT2D eigenvalue weighted by Gasteiger charge is -2.13. The van der Waals surface area contributed by atoms with Gasteiger partial charge in [0.15, 0.2) is 0 Å². The summed E-state index contributed by atoms with van der Waals surface area (Å²) < 4.78 is 7.05. The van der Waals surface area contributed by atoms with Crippen LogP contribution in [0, 0.1) is 0 Å². The van der Waals surface area contributed by atoms with Crippen LogP contribution in [-0.2, 0) is 13.0 Å². The van der Waals surface area contributed by atoms with E-state index in [-0.39, 0.29) is 11.9 Å². The SMILES string of the molecule is CC(CCc1ccco1)NC(=O)c1ccc(Cn2cncn2)cc1. The zero-order chi connectivity index (χ0) is 16.8. The van der Waals surface area contributed by atoms with Crippen molar-refractivity contribution < 1.29 is 9.21 Å². The van der Waals surface area contributed by atoms with Crippen LogP contribution in [0.4, 0.5) is 0 Å². The molecule has 0 spiro atoms. The van der Waals surface area contributed by atoms with Gasteiger partial charge in [0.2, 0.25) is 0 Å². The van der Waals surface area contributed by atoms with E-state index < -0.39 is 0 Å². The molecule has 0 aliphatic carbocycles. The summed E-state index contributed by atoms with van der Waals surface area (Å²) >= 11 is 0. The molecule has 0 saturated carbocycles. The van der Waals surface area contributed by atoms with Crippen LogP contribution in [-0.4, -0.2) is 26.7 Å². The minimum Gasteiger partial charge on any atom is -0.469 e. The molecule has 0 aliphatic heterocycles. The molecule has 3 rings (SSSR count). The van der Waals surface area contributed by atoms with Crippen LogP contribution in [0.1, 0.15) is 35.0 Å². The zero-order valence-electron chi connectivity index (χ0n) is 13.6. The predicted molar refractivity (Wildman–Crippen MR) is 89.5 cm³/mol. The molecule has 6 nitrogen and oxygen atoms in total. The normalized spacial score (nSPS) is 12.0. The molecule has 0 bridgehead atoms. The van der Waals surface area contributed by atoms with Gasteiger partial charge < -0.3 is 9.73 Å². The number of amides is 1. The molecule has 0 fully saturated rings. The summed E-state index contributed by atoms with van der Waals surface area (Å²) in [5.41, 5.74) is 1.73. The molecule has 1 aromatic carbocycles. The number of carbonyl (C=O) groups is 1. The highest BCUT2D eigenvalue weighted by Gasteiger charge is 2.10. The first-order chi connectivity index (χ1) is 11.7. The number of nitrogens with one attached hydrogen (secondary N) is 1. The zero-order valence-corrected chi connectivity index (χ0v) is 13.6. The lowest BCUT2D eigenvalue weighted by molar-refractivity contribution is 0.0938. The smallest absolute Gasteiger partial charge is 0.251 e. The fourth-order valence-electron chi connectivity index (χ4n) is 2.46. The molecule has 3 aromatic rings. The second-order valence-electron chi connectivity index (χ2n) is 5.78. The number of hydrogen-bond donors (Lipinski definition) is 1. The third-order valence-electron chi connectivity index (χ3n) is 3.81. The van der Waals surface area contributed by atoms with Crippen molar-refractivity contribution in [1.82, 2.24) is 20.1 Å². The molecule has 0 aliphatic rings. The van der Waals surface area contributed by atoms with Crippen LogP contribution < -0.4 is 5.32 Å². The van der Waals surface area contributed by atoms with Crippen LogP contribution in [0.5, 0.6) is 0 Å². The van der Waals surface area contributed by atoms with Gasteiger partial charge in [-0.3, -0.25) is 4.79 Å². The highest BCUT2D eigenvalue weighted by molar-refractivity contribution is 5.94. The maximum Gasteiger partial charge on any atom is 0.251 e. The Hall–Kier alpha value is -2.89. The molecule has 2 aromatic heterocycles. The first kappa shape index (κ1) is 16.0. The molecule has 0 saturated heterocycles. The molecule has 124 valence electrons. The largest absolute Gasteiger partial charge is 0.469 e. The number of benzene rings is 1. The van der Waals surface area contributed by atoms with E-state index >= 15 is 0 Å². The fraction of sp³-hybridized carbons (Fsp3) is 0.278. The van der Waals surface area contributed by atoms with Crippen LogP contribution >= 0.6 is 0 Å². The highest BCUT2D eigenvalue weighted by Crippen LogP contribution is 2.08. The van der Waals surface area contributed by atoms with E-state index in [9.17, 15) is 4.79 Å². The molecule has 1 unspecified atom stereocenters. The topological polar surface area (TPSA) is 73.0 Å². The summed E-state index contributed by atoms with van der Waals surface area (Å²) in [6.45, 7) is 2.64. The van der Waals surface area contributed by atoms with Crippen molar-refractivity contribution in [3.63, 3.8) is 0 Å². The summed E-state index contributed by atoms with van der Waals surface area (Å²) in [5.74, 6) is 0.878. The van der Waals surface area contributed by atoms with Crippen LogP contribution in [0.25, 0.3) is 0 Å². The lowest BCUT2D eigenvalue weighted by atomic mass is 10.1. The van der Waals surface area contributed by atoms with E-state index in [0.717, 1.165) is 24.2 Å². The monoisotopic (exact) mass is 324 g/mol. The molecule has 0 radical (unpaired) electrons. The van der Waals surface area contributed by atoms with Crippen molar-refractivity contribution in [2.24, 2.45) is 0 Å². The van der Waals surface area contributed by atoms with Gasteiger partial charge in [-0.05, 0) is 43.2 Å². The molecule has 1 N–H and O–H groups in total. The Bertz CT molecular complexity index is 749. The number of carbonyl (C=O) groups excluding carboxylic acids is 1. The van der Waals surface area contributed by atoms with Gasteiger partial charge in [-0.1, -0.05) is 12.1 Å². The number of hydrogen-bond acceptors (Lipinski definition) is 4. The van der Waals surface area contributed by atoms with E-state index in [1.54, 1.807) is 17.3 Å². The number of nitrogens with zero attached hydrogens (tertiary/aromatic N) is 3. The summed E-state index contributed by atoms with van der Waals surface area (Å²) in [6.07, 6.45) is 6.49.